The smallest absolute Gasteiger partial charge is 0.0462 e. The molecule has 5 aromatic rings. The lowest BCUT2D eigenvalue weighted by Crippen LogP contribution is -2.11. The lowest BCUT2D eigenvalue weighted by molar-refractivity contribution is 0.443. The first-order valence-corrected chi connectivity index (χ1v) is 20.2. The highest BCUT2D eigenvalue weighted by atomic mass is 32.1. The maximum Gasteiger partial charge on any atom is 0.0462 e. The van der Waals surface area contributed by atoms with Crippen LogP contribution in [0.1, 0.15) is 131 Å². The number of nitrogen functional groups attached to an aromatic ring is 1. The Morgan fingerprint density at radius 2 is 0.837 bits per heavy atom. The summed E-state index contributed by atoms with van der Waals surface area (Å²) in [6, 6.07) is 35.0. The SMILES string of the molecule is Nc1ccc(C2CCCCC2)cc1-c1cscc1-c1ccc(N(c2ccc(C3CCCCC3)cc2)c2ccc(C3CCCCC3)cc2)cc1. The van der Waals surface area contributed by atoms with Crippen molar-refractivity contribution in [3.63, 3.8) is 0 Å². The van der Waals surface area contributed by atoms with Gasteiger partial charge in [-0.05, 0) is 138 Å². The average Bonchev–Trinajstić information content (AvgIpc) is 3.67. The van der Waals surface area contributed by atoms with Crippen LogP contribution in [0.25, 0.3) is 22.3 Å². The van der Waals surface area contributed by atoms with Crippen molar-refractivity contribution in [2.75, 3.05) is 10.6 Å². The lowest BCUT2D eigenvalue weighted by atomic mass is 9.83. The molecule has 8 rings (SSSR count). The molecular formula is C46H52N2S. The van der Waals surface area contributed by atoms with Gasteiger partial charge in [0.15, 0.2) is 0 Å². The van der Waals surface area contributed by atoms with Crippen molar-refractivity contribution in [2.24, 2.45) is 0 Å². The van der Waals surface area contributed by atoms with Crippen LogP contribution in [0.2, 0.25) is 0 Å². The molecule has 3 aliphatic rings. The molecule has 49 heavy (non-hydrogen) atoms. The van der Waals surface area contributed by atoms with E-state index in [-0.39, 0.29) is 0 Å². The third kappa shape index (κ3) is 7.11. The molecule has 252 valence electrons. The Labute approximate surface area is 298 Å². The normalized spacial score (nSPS) is 18.0. The summed E-state index contributed by atoms with van der Waals surface area (Å²) in [5.74, 6) is 2.08. The zero-order valence-corrected chi connectivity index (χ0v) is 29.9. The maximum absolute atomic E-state index is 6.66. The summed E-state index contributed by atoms with van der Waals surface area (Å²) in [6.07, 6.45) is 20.2. The predicted molar refractivity (Wildman–Crippen MR) is 212 cm³/mol. The van der Waals surface area contributed by atoms with Crippen LogP contribution in [-0.4, -0.2) is 0 Å². The van der Waals surface area contributed by atoms with Crippen molar-refractivity contribution >= 4 is 34.1 Å². The minimum atomic E-state index is 0.661. The number of anilines is 4. The summed E-state index contributed by atoms with van der Waals surface area (Å²) in [5.41, 5.74) is 20.6. The zero-order valence-electron chi connectivity index (χ0n) is 29.1. The molecule has 0 bridgehead atoms. The van der Waals surface area contributed by atoms with Gasteiger partial charge in [0.2, 0.25) is 0 Å². The minimum Gasteiger partial charge on any atom is -0.398 e. The van der Waals surface area contributed by atoms with Crippen molar-refractivity contribution in [1.82, 2.24) is 0 Å². The molecule has 1 aromatic heterocycles. The number of rotatable bonds is 8. The van der Waals surface area contributed by atoms with E-state index in [1.54, 1.807) is 11.3 Å². The van der Waals surface area contributed by atoms with Gasteiger partial charge < -0.3 is 10.6 Å². The molecule has 4 aromatic carbocycles. The quantitative estimate of drug-likeness (QED) is 0.167. The standard InChI is InChI=1S/C46H52N2S/c47-46-29-22-39(35-14-8-3-9-15-35)30-43(46)45-32-49-31-44(45)38-20-27-42(28-21-38)48(40-23-16-36(17-24-40)33-10-4-1-5-11-33)41-25-18-37(19-26-41)34-12-6-2-7-13-34/h16-35H,1-15,47H2. The second-order valence-corrected chi connectivity index (χ2v) is 15.9. The number of nitrogens with zero attached hydrogens (tertiary/aromatic N) is 1. The third-order valence-corrected chi connectivity index (χ3v) is 12.7. The summed E-state index contributed by atoms with van der Waals surface area (Å²) in [4.78, 5) is 2.44. The molecule has 3 heteroatoms. The molecule has 3 fully saturated rings. The van der Waals surface area contributed by atoms with Crippen LogP contribution in [0.15, 0.2) is 102 Å². The molecule has 0 atom stereocenters. The van der Waals surface area contributed by atoms with Crippen molar-refractivity contribution in [1.29, 1.82) is 0 Å². The van der Waals surface area contributed by atoms with Gasteiger partial charge in [-0.1, -0.05) is 100 Å². The fourth-order valence-corrected chi connectivity index (χ4v) is 9.98. The van der Waals surface area contributed by atoms with Gasteiger partial charge in [-0.15, -0.1) is 0 Å². The van der Waals surface area contributed by atoms with Gasteiger partial charge in [0.25, 0.3) is 0 Å². The first-order valence-electron chi connectivity index (χ1n) is 19.3. The number of nitrogens with two attached hydrogens (primary N) is 1. The molecule has 0 amide bonds. The first kappa shape index (κ1) is 32.4. The summed E-state index contributed by atoms with van der Waals surface area (Å²) in [5, 5.41) is 4.58. The van der Waals surface area contributed by atoms with E-state index >= 15 is 0 Å². The Hall–Kier alpha value is -3.82. The van der Waals surface area contributed by atoms with E-state index in [1.165, 1.54) is 152 Å². The Morgan fingerprint density at radius 3 is 1.33 bits per heavy atom. The fraction of sp³-hybridized carbons (Fsp3) is 0.391. The predicted octanol–water partition coefficient (Wildman–Crippen LogP) is 14.3. The highest BCUT2D eigenvalue weighted by Gasteiger charge is 2.21. The molecule has 0 saturated heterocycles. The van der Waals surface area contributed by atoms with Crippen LogP contribution in [-0.2, 0) is 0 Å². The Kier molecular flexibility index (Phi) is 9.89. The van der Waals surface area contributed by atoms with Gasteiger partial charge >= 0.3 is 0 Å². The first-order chi connectivity index (χ1) is 24.2. The number of benzene rings is 4. The van der Waals surface area contributed by atoms with Gasteiger partial charge in [0.1, 0.15) is 0 Å². The number of hydrogen-bond donors (Lipinski definition) is 1. The van der Waals surface area contributed by atoms with Gasteiger partial charge in [-0.3, -0.25) is 0 Å². The van der Waals surface area contributed by atoms with E-state index < -0.39 is 0 Å². The Balaban J connectivity index is 1.11. The molecule has 3 saturated carbocycles. The highest BCUT2D eigenvalue weighted by Crippen LogP contribution is 2.43. The largest absolute Gasteiger partial charge is 0.398 e. The highest BCUT2D eigenvalue weighted by molar-refractivity contribution is 7.08. The summed E-state index contributed by atoms with van der Waals surface area (Å²) < 4.78 is 0. The second kappa shape index (κ2) is 15.0. The van der Waals surface area contributed by atoms with Crippen LogP contribution < -0.4 is 10.6 Å². The molecule has 0 unspecified atom stereocenters. The maximum atomic E-state index is 6.66. The van der Waals surface area contributed by atoms with Crippen LogP contribution in [0.4, 0.5) is 22.7 Å². The summed E-state index contributed by atoms with van der Waals surface area (Å²) in [6.45, 7) is 0. The van der Waals surface area contributed by atoms with Crippen LogP contribution in [0.5, 0.6) is 0 Å². The van der Waals surface area contributed by atoms with Gasteiger partial charge in [0.05, 0.1) is 0 Å². The molecule has 3 aliphatic carbocycles. The van der Waals surface area contributed by atoms with Crippen molar-refractivity contribution in [3.05, 3.63) is 118 Å². The third-order valence-electron chi connectivity index (χ3n) is 12.0. The molecule has 0 radical (unpaired) electrons. The van der Waals surface area contributed by atoms with E-state index in [9.17, 15) is 0 Å². The van der Waals surface area contributed by atoms with Crippen molar-refractivity contribution < 1.29 is 0 Å². The zero-order chi connectivity index (χ0) is 33.0. The minimum absolute atomic E-state index is 0.661. The topological polar surface area (TPSA) is 29.3 Å². The summed E-state index contributed by atoms with van der Waals surface area (Å²) >= 11 is 1.77. The van der Waals surface area contributed by atoms with Gasteiger partial charge in [0, 0.05) is 39.4 Å². The van der Waals surface area contributed by atoms with Gasteiger partial charge in [-0.25, -0.2) is 0 Å². The molecule has 2 N–H and O–H groups in total. The van der Waals surface area contributed by atoms with Crippen LogP contribution in [0.3, 0.4) is 0 Å². The summed E-state index contributed by atoms with van der Waals surface area (Å²) in [7, 11) is 0. The molecule has 2 nitrogen and oxygen atoms in total. The average molecular weight is 665 g/mol. The van der Waals surface area contributed by atoms with Gasteiger partial charge in [-0.2, -0.15) is 11.3 Å². The second-order valence-electron chi connectivity index (χ2n) is 15.1. The monoisotopic (exact) mass is 664 g/mol. The van der Waals surface area contributed by atoms with Crippen LogP contribution >= 0.6 is 11.3 Å². The Bertz CT molecular complexity index is 1740. The van der Waals surface area contributed by atoms with E-state index in [1.807, 2.05) is 0 Å². The lowest BCUT2D eigenvalue weighted by Gasteiger charge is -2.28. The van der Waals surface area contributed by atoms with Crippen molar-refractivity contribution in [3.8, 4) is 22.3 Å². The van der Waals surface area contributed by atoms with E-state index in [4.69, 9.17) is 5.73 Å². The van der Waals surface area contributed by atoms with Crippen molar-refractivity contribution in [2.45, 2.75) is 114 Å². The van der Waals surface area contributed by atoms with Crippen LogP contribution in [0, 0.1) is 0 Å². The van der Waals surface area contributed by atoms with E-state index in [2.05, 4.69) is 107 Å². The van der Waals surface area contributed by atoms with E-state index in [0.717, 1.165) is 5.69 Å². The number of hydrogen-bond acceptors (Lipinski definition) is 3. The molecule has 0 spiro atoms. The van der Waals surface area contributed by atoms with E-state index in [0.29, 0.717) is 17.8 Å². The fourth-order valence-electron chi connectivity index (χ4n) is 9.13. The number of thiophene rings is 1. The Morgan fingerprint density at radius 1 is 0.429 bits per heavy atom. The molecule has 0 aliphatic heterocycles. The molecular weight excluding hydrogens is 613 g/mol. The molecule has 1 heterocycles.